The zero-order chi connectivity index (χ0) is 28.3. The van der Waals surface area contributed by atoms with Gasteiger partial charge in [-0.25, -0.2) is 4.79 Å². The van der Waals surface area contributed by atoms with Crippen LogP contribution in [0.4, 0.5) is 0 Å². The van der Waals surface area contributed by atoms with Crippen molar-refractivity contribution in [3.63, 3.8) is 0 Å². The van der Waals surface area contributed by atoms with Crippen molar-refractivity contribution < 1.29 is 23.9 Å². The van der Waals surface area contributed by atoms with E-state index in [1.165, 1.54) is 4.90 Å². The molecular formula is C34H33NO5. The number of Topliss-reactive ketones (excluding diaryl/α,β-unsaturated/α-hetero) is 1. The minimum Gasteiger partial charge on any atom is -0.456 e. The van der Waals surface area contributed by atoms with E-state index in [0.29, 0.717) is 5.56 Å². The predicted octanol–water partition coefficient (Wildman–Crippen LogP) is 5.34. The van der Waals surface area contributed by atoms with E-state index in [0.717, 1.165) is 33.4 Å². The molecule has 1 saturated heterocycles. The molecule has 0 radical (unpaired) electrons. The predicted molar refractivity (Wildman–Crippen MR) is 150 cm³/mol. The van der Waals surface area contributed by atoms with Gasteiger partial charge in [-0.3, -0.25) is 19.3 Å². The number of carbonyl (C=O) groups excluding carboxylic acids is 4. The number of ketones is 1. The van der Waals surface area contributed by atoms with Gasteiger partial charge in [0.05, 0.1) is 11.8 Å². The van der Waals surface area contributed by atoms with Crippen molar-refractivity contribution in [2.45, 2.75) is 52.0 Å². The maximum absolute atomic E-state index is 14.1. The number of carbonyl (C=O) groups is 4. The largest absolute Gasteiger partial charge is 0.456 e. The average Bonchev–Trinajstić information content (AvgIpc) is 3.21. The van der Waals surface area contributed by atoms with Crippen LogP contribution in [-0.2, 0) is 19.1 Å². The monoisotopic (exact) mass is 535 g/mol. The molecule has 0 aromatic heterocycles. The zero-order valence-electron chi connectivity index (χ0n) is 23.2. The third kappa shape index (κ3) is 4.00. The summed E-state index contributed by atoms with van der Waals surface area (Å²) in [5, 5.41) is 0. The molecule has 3 unspecified atom stereocenters. The molecule has 3 atom stereocenters. The molecule has 7 rings (SSSR count). The van der Waals surface area contributed by atoms with Gasteiger partial charge in [-0.15, -0.1) is 0 Å². The molecule has 204 valence electrons. The van der Waals surface area contributed by atoms with Crippen LogP contribution in [0.1, 0.15) is 75.8 Å². The first kappa shape index (κ1) is 26.2. The maximum atomic E-state index is 14.1. The lowest BCUT2D eigenvalue weighted by atomic mass is 9.55. The summed E-state index contributed by atoms with van der Waals surface area (Å²) >= 11 is 0. The molecule has 40 heavy (non-hydrogen) atoms. The number of benzene rings is 3. The second-order valence-corrected chi connectivity index (χ2v) is 11.8. The van der Waals surface area contributed by atoms with Crippen LogP contribution in [0.3, 0.4) is 0 Å². The highest BCUT2D eigenvalue weighted by molar-refractivity contribution is 6.10. The van der Waals surface area contributed by atoms with Gasteiger partial charge in [-0.2, -0.15) is 0 Å². The summed E-state index contributed by atoms with van der Waals surface area (Å²) in [6.45, 7) is 7.32. The molecule has 2 amide bonds. The lowest BCUT2D eigenvalue weighted by Crippen LogP contribution is -2.47. The Balaban J connectivity index is 1.31. The molecular weight excluding hydrogens is 502 g/mol. The summed E-state index contributed by atoms with van der Waals surface area (Å²) in [7, 11) is 0. The second-order valence-electron chi connectivity index (χ2n) is 11.8. The molecule has 2 bridgehead atoms. The molecule has 4 aliphatic rings. The summed E-state index contributed by atoms with van der Waals surface area (Å²) in [5.41, 5.74) is 6.83. The Labute approximate surface area is 234 Å². The number of nitrogens with zero attached hydrogens (tertiary/aromatic N) is 1. The molecule has 6 nitrogen and oxygen atoms in total. The molecule has 3 aromatic carbocycles. The van der Waals surface area contributed by atoms with E-state index in [1.807, 2.05) is 58.0 Å². The van der Waals surface area contributed by atoms with Crippen LogP contribution < -0.4 is 0 Å². The first-order valence-corrected chi connectivity index (χ1v) is 14.0. The highest BCUT2D eigenvalue weighted by atomic mass is 16.5. The smallest absolute Gasteiger partial charge is 0.329 e. The number of amides is 2. The lowest BCUT2D eigenvalue weighted by molar-refractivity contribution is -0.158. The number of imide groups is 1. The van der Waals surface area contributed by atoms with Gasteiger partial charge in [0.1, 0.15) is 6.04 Å². The van der Waals surface area contributed by atoms with Gasteiger partial charge in [0.2, 0.25) is 11.8 Å². The summed E-state index contributed by atoms with van der Waals surface area (Å²) in [6, 6.07) is 20.4. The van der Waals surface area contributed by atoms with E-state index in [-0.39, 0.29) is 41.8 Å². The van der Waals surface area contributed by atoms with Crippen LogP contribution >= 0.6 is 0 Å². The number of hydrogen-bond donors (Lipinski definition) is 0. The van der Waals surface area contributed by atoms with Crippen molar-refractivity contribution in [1.82, 2.24) is 4.90 Å². The number of aryl methyl sites for hydroxylation is 2. The van der Waals surface area contributed by atoms with Crippen LogP contribution in [0, 0.1) is 31.6 Å². The van der Waals surface area contributed by atoms with Gasteiger partial charge in [0.15, 0.2) is 12.4 Å². The molecule has 6 heteroatoms. The van der Waals surface area contributed by atoms with Crippen LogP contribution in [0.15, 0.2) is 66.7 Å². The molecule has 0 N–H and O–H groups in total. The molecule has 0 saturated carbocycles. The summed E-state index contributed by atoms with van der Waals surface area (Å²) in [5.74, 6) is -3.29. The Hall–Kier alpha value is -4.06. The summed E-state index contributed by atoms with van der Waals surface area (Å²) in [6.07, 6.45) is 0.267. The number of hydrogen-bond acceptors (Lipinski definition) is 5. The lowest BCUT2D eigenvalue weighted by Gasteiger charge is -2.45. The normalized spacial score (nSPS) is 23.1. The van der Waals surface area contributed by atoms with E-state index in [4.69, 9.17) is 4.74 Å². The Morgan fingerprint density at radius 2 is 1.27 bits per heavy atom. The standard InChI is InChI=1S/C34H33NO5/c1-18(2)15-26(34(39)40-17-27(36)21-14-13-19(3)20(4)16-21)35-32(37)30-28-22-9-5-6-10-23(22)29(31(30)33(35)38)25-12-8-7-11-24(25)28/h5-14,16,18,26,28-31H,15,17H2,1-4H3. The van der Waals surface area contributed by atoms with Crippen molar-refractivity contribution >= 4 is 23.6 Å². The Kier molecular flexibility index (Phi) is 6.44. The Bertz CT molecular complexity index is 1440. The van der Waals surface area contributed by atoms with Crippen LogP contribution in [0.25, 0.3) is 0 Å². The van der Waals surface area contributed by atoms with Crippen molar-refractivity contribution in [2.24, 2.45) is 17.8 Å². The number of likely N-dealkylation sites (tertiary alicyclic amines) is 1. The Morgan fingerprint density at radius 3 is 1.73 bits per heavy atom. The minimum absolute atomic E-state index is 0.0161. The number of ether oxygens (including phenoxy) is 1. The number of rotatable bonds is 7. The van der Waals surface area contributed by atoms with Gasteiger partial charge in [-0.05, 0) is 65.6 Å². The van der Waals surface area contributed by atoms with Crippen molar-refractivity contribution in [2.75, 3.05) is 6.61 Å². The second kappa shape index (κ2) is 9.84. The van der Waals surface area contributed by atoms with Gasteiger partial charge in [0, 0.05) is 17.4 Å². The SMILES string of the molecule is Cc1ccc(C(=O)COC(=O)C(CC(C)C)N2C(=O)C3C4c5ccccc5C(c5ccccc54)C3C2=O)cc1C. The van der Waals surface area contributed by atoms with Gasteiger partial charge in [0.25, 0.3) is 0 Å². The fourth-order valence-corrected chi connectivity index (χ4v) is 6.99. The number of esters is 1. The molecule has 1 fully saturated rings. The first-order valence-electron chi connectivity index (χ1n) is 14.0. The molecule has 3 aliphatic carbocycles. The van der Waals surface area contributed by atoms with Gasteiger partial charge >= 0.3 is 5.97 Å². The minimum atomic E-state index is -1.08. The third-order valence-electron chi connectivity index (χ3n) is 8.94. The first-order chi connectivity index (χ1) is 19.2. The van der Waals surface area contributed by atoms with Crippen molar-refractivity contribution in [3.8, 4) is 0 Å². The van der Waals surface area contributed by atoms with Gasteiger partial charge < -0.3 is 4.74 Å². The maximum Gasteiger partial charge on any atom is 0.329 e. The van der Waals surface area contributed by atoms with Crippen molar-refractivity contribution in [3.05, 3.63) is 106 Å². The van der Waals surface area contributed by atoms with Crippen LogP contribution in [0.5, 0.6) is 0 Å². The van der Waals surface area contributed by atoms with Gasteiger partial charge in [-0.1, -0.05) is 74.5 Å². The van der Waals surface area contributed by atoms with Crippen LogP contribution in [0.2, 0.25) is 0 Å². The Morgan fingerprint density at radius 1 is 0.775 bits per heavy atom. The molecule has 0 spiro atoms. The topological polar surface area (TPSA) is 80.8 Å². The van der Waals surface area contributed by atoms with E-state index in [1.54, 1.807) is 12.1 Å². The highest BCUT2D eigenvalue weighted by Gasteiger charge is 2.63. The van der Waals surface area contributed by atoms with E-state index >= 15 is 0 Å². The quantitative estimate of drug-likeness (QED) is 0.232. The highest BCUT2D eigenvalue weighted by Crippen LogP contribution is 2.61. The van der Waals surface area contributed by atoms with Crippen LogP contribution in [-0.4, -0.2) is 41.1 Å². The fraction of sp³-hybridized carbons (Fsp3) is 0.353. The van der Waals surface area contributed by atoms with Crippen molar-refractivity contribution in [1.29, 1.82) is 0 Å². The van der Waals surface area contributed by atoms with E-state index in [2.05, 4.69) is 24.3 Å². The summed E-state index contributed by atoms with van der Waals surface area (Å²) < 4.78 is 5.51. The third-order valence-corrected chi connectivity index (χ3v) is 8.94. The average molecular weight is 536 g/mol. The summed E-state index contributed by atoms with van der Waals surface area (Å²) in [4.78, 5) is 55.8. The molecule has 1 aliphatic heterocycles. The fourth-order valence-electron chi connectivity index (χ4n) is 6.99. The van der Waals surface area contributed by atoms with E-state index < -0.39 is 30.5 Å². The zero-order valence-corrected chi connectivity index (χ0v) is 23.2. The molecule has 1 heterocycles. The van der Waals surface area contributed by atoms with E-state index in [9.17, 15) is 19.2 Å². The molecule has 3 aromatic rings.